The van der Waals surface area contributed by atoms with Gasteiger partial charge < -0.3 is 0 Å². The molecular formula is C23H25N5OS2. The van der Waals surface area contributed by atoms with Gasteiger partial charge in [-0.05, 0) is 61.1 Å². The van der Waals surface area contributed by atoms with Crippen LogP contribution in [0.3, 0.4) is 0 Å². The number of thiazole rings is 1. The van der Waals surface area contributed by atoms with E-state index in [4.69, 9.17) is 4.98 Å². The molecule has 0 unspecified atom stereocenters. The fraction of sp³-hybridized carbons (Fsp3) is 0.435. The van der Waals surface area contributed by atoms with Crippen molar-refractivity contribution in [3.63, 3.8) is 0 Å². The Morgan fingerprint density at radius 2 is 1.90 bits per heavy atom. The highest BCUT2D eigenvalue weighted by atomic mass is 32.2. The highest BCUT2D eigenvalue weighted by Gasteiger charge is 2.29. The molecule has 2 aliphatic carbocycles. The number of rotatable bonds is 9. The molecule has 0 aliphatic heterocycles. The Labute approximate surface area is 190 Å². The summed E-state index contributed by atoms with van der Waals surface area (Å²) in [6.07, 6.45) is 6.83. The van der Waals surface area contributed by atoms with E-state index in [9.17, 15) is 4.79 Å². The van der Waals surface area contributed by atoms with Crippen molar-refractivity contribution in [1.82, 2.24) is 19.9 Å². The fourth-order valence-electron chi connectivity index (χ4n) is 3.24. The summed E-state index contributed by atoms with van der Waals surface area (Å²) in [6, 6.07) is 8.16. The van der Waals surface area contributed by atoms with E-state index in [1.165, 1.54) is 16.6 Å². The molecule has 8 heteroatoms. The molecule has 2 aromatic heterocycles. The molecule has 31 heavy (non-hydrogen) atoms. The summed E-state index contributed by atoms with van der Waals surface area (Å²) in [4.78, 5) is 32.8. The lowest BCUT2D eigenvalue weighted by atomic mass is 10.1. The molecule has 3 aromatic rings. The predicted molar refractivity (Wildman–Crippen MR) is 123 cm³/mol. The molecule has 0 bridgehead atoms. The summed E-state index contributed by atoms with van der Waals surface area (Å²) in [5.41, 5.74) is 1.07. The van der Waals surface area contributed by atoms with Crippen LogP contribution in [-0.2, 0) is 11.2 Å². The fourth-order valence-corrected chi connectivity index (χ4v) is 4.80. The zero-order valence-electron chi connectivity index (χ0n) is 17.7. The Kier molecular flexibility index (Phi) is 5.75. The van der Waals surface area contributed by atoms with Crippen molar-refractivity contribution in [2.75, 3.05) is 5.32 Å². The molecule has 2 heterocycles. The van der Waals surface area contributed by atoms with Gasteiger partial charge in [0.25, 0.3) is 0 Å². The zero-order chi connectivity index (χ0) is 21.4. The molecule has 2 fully saturated rings. The molecule has 2 saturated carbocycles. The number of nitrogens with one attached hydrogen (secondary N) is 1. The number of Topliss-reactive ketones (excluding diaryl/α,β-unsaturated/α-hetero) is 1. The van der Waals surface area contributed by atoms with Crippen LogP contribution in [0.5, 0.6) is 0 Å². The van der Waals surface area contributed by atoms with Gasteiger partial charge in [-0.15, -0.1) is 11.3 Å². The molecule has 0 spiro atoms. The molecule has 0 radical (unpaired) electrons. The first-order valence-electron chi connectivity index (χ1n) is 10.8. The maximum absolute atomic E-state index is 12.0. The van der Waals surface area contributed by atoms with Crippen molar-refractivity contribution in [3.8, 4) is 0 Å². The number of aromatic nitrogens is 4. The van der Waals surface area contributed by atoms with E-state index in [0.29, 0.717) is 41.1 Å². The maximum atomic E-state index is 12.0. The quantitative estimate of drug-likeness (QED) is 0.444. The maximum Gasteiger partial charge on any atom is 0.233 e. The molecule has 0 amide bonds. The number of hydrogen-bond acceptors (Lipinski definition) is 8. The lowest BCUT2D eigenvalue weighted by Gasteiger charge is -2.07. The Bertz CT molecular complexity index is 1090. The standard InChI is InChI=1S/C23H25N5OS2/c1-13(2)19-12-24-22(31-19)27-21-25-20(16-7-8-16)26-23(28-21)30-17-9-3-14(4-10-17)11-18(29)15-5-6-15/h3-4,9-10,12-13,15-16H,5-8,11H2,1-2H3,(H,24,25,26,27,28). The molecular weight excluding hydrogens is 426 g/mol. The molecule has 1 aromatic carbocycles. The molecule has 0 atom stereocenters. The van der Waals surface area contributed by atoms with Crippen molar-refractivity contribution in [2.24, 2.45) is 5.92 Å². The number of carbonyl (C=O) groups is 1. The van der Waals surface area contributed by atoms with Crippen LogP contribution in [0.2, 0.25) is 0 Å². The lowest BCUT2D eigenvalue weighted by Crippen LogP contribution is -2.04. The Balaban J connectivity index is 1.31. The third-order valence-electron chi connectivity index (χ3n) is 5.43. The SMILES string of the molecule is CC(C)c1cnc(Nc2nc(Sc3ccc(CC(=O)C4CC4)cc3)nc(C3CC3)n2)s1. The topological polar surface area (TPSA) is 80.7 Å². The van der Waals surface area contributed by atoms with Gasteiger partial charge in [-0.25, -0.2) is 9.97 Å². The van der Waals surface area contributed by atoms with Crippen molar-refractivity contribution in [2.45, 2.75) is 67.8 Å². The highest BCUT2D eigenvalue weighted by Crippen LogP contribution is 2.39. The van der Waals surface area contributed by atoms with Crippen molar-refractivity contribution < 1.29 is 4.79 Å². The van der Waals surface area contributed by atoms with Gasteiger partial charge >= 0.3 is 0 Å². The van der Waals surface area contributed by atoms with Gasteiger partial charge in [-0.1, -0.05) is 26.0 Å². The smallest absolute Gasteiger partial charge is 0.233 e. The number of ketones is 1. The molecule has 0 saturated heterocycles. The minimum Gasteiger partial charge on any atom is -0.300 e. The summed E-state index contributed by atoms with van der Waals surface area (Å²) in [5.74, 6) is 2.96. The van der Waals surface area contributed by atoms with Crippen LogP contribution in [0.15, 0.2) is 40.5 Å². The van der Waals surface area contributed by atoms with Crippen LogP contribution in [-0.4, -0.2) is 25.7 Å². The molecule has 160 valence electrons. The minimum absolute atomic E-state index is 0.306. The first-order valence-corrected chi connectivity index (χ1v) is 12.4. The van der Waals surface area contributed by atoms with E-state index >= 15 is 0 Å². The Hall–Kier alpha value is -2.32. The van der Waals surface area contributed by atoms with Crippen LogP contribution in [0, 0.1) is 5.92 Å². The monoisotopic (exact) mass is 451 g/mol. The summed E-state index contributed by atoms with van der Waals surface area (Å²) >= 11 is 3.16. The first kappa shape index (κ1) is 20.6. The van der Waals surface area contributed by atoms with Gasteiger partial charge in [0.2, 0.25) is 5.95 Å². The second-order valence-electron chi connectivity index (χ2n) is 8.58. The van der Waals surface area contributed by atoms with E-state index in [1.54, 1.807) is 11.3 Å². The van der Waals surface area contributed by atoms with Crippen LogP contribution >= 0.6 is 23.1 Å². The van der Waals surface area contributed by atoms with E-state index in [-0.39, 0.29) is 0 Å². The normalized spacial score (nSPS) is 16.0. The van der Waals surface area contributed by atoms with Gasteiger partial charge in [0.15, 0.2) is 10.3 Å². The molecule has 1 N–H and O–H groups in total. The first-order chi connectivity index (χ1) is 15.0. The van der Waals surface area contributed by atoms with Crippen LogP contribution in [0.4, 0.5) is 11.1 Å². The second kappa shape index (κ2) is 8.67. The average molecular weight is 452 g/mol. The number of carbonyl (C=O) groups excluding carboxylic acids is 1. The van der Waals surface area contributed by atoms with Crippen molar-refractivity contribution in [3.05, 3.63) is 46.7 Å². The third kappa shape index (κ3) is 5.30. The third-order valence-corrected chi connectivity index (χ3v) is 7.52. The highest BCUT2D eigenvalue weighted by molar-refractivity contribution is 7.99. The number of nitrogens with zero attached hydrogens (tertiary/aromatic N) is 4. The van der Waals surface area contributed by atoms with Crippen molar-refractivity contribution in [1.29, 1.82) is 0 Å². The van der Waals surface area contributed by atoms with E-state index < -0.39 is 0 Å². The van der Waals surface area contributed by atoms with Gasteiger partial charge in [-0.2, -0.15) is 9.97 Å². The van der Waals surface area contributed by atoms with Gasteiger partial charge in [0, 0.05) is 34.2 Å². The Morgan fingerprint density at radius 1 is 1.13 bits per heavy atom. The predicted octanol–water partition coefficient (Wildman–Crippen LogP) is 5.75. The number of anilines is 2. The summed E-state index contributed by atoms with van der Waals surface area (Å²) in [7, 11) is 0. The van der Waals surface area contributed by atoms with Gasteiger partial charge in [0.1, 0.15) is 11.6 Å². The average Bonchev–Trinajstić information content (AvgIpc) is 3.66. The van der Waals surface area contributed by atoms with E-state index in [2.05, 4.69) is 34.1 Å². The summed E-state index contributed by atoms with van der Waals surface area (Å²) in [6.45, 7) is 4.32. The second-order valence-corrected chi connectivity index (χ2v) is 10.7. The molecule has 6 nitrogen and oxygen atoms in total. The molecule has 5 rings (SSSR count). The van der Waals surface area contributed by atoms with Crippen LogP contribution in [0.1, 0.15) is 67.6 Å². The van der Waals surface area contributed by atoms with Gasteiger partial charge in [0.05, 0.1) is 0 Å². The van der Waals surface area contributed by atoms with E-state index in [0.717, 1.165) is 47.1 Å². The summed E-state index contributed by atoms with van der Waals surface area (Å²) in [5, 5.41) is 4.76. The Morgan fingerprint density at radius 3 is 2.55 bits per heavy atom. The van der Waals surface area contributed by atoms with Crippen LogP contribution < -0.4 is 5.32 Å². The summed E-state index contributed by atoms with van der Waals surface area (Å²) < 4.78 is 0. The number of hydrogen-bond donors (Lipinski definition) is 1. The largest absolute Gasteiger partial charge is 0.300 e. The van der Waals surface area contributed by atoms with Gasteiger partial charge in [-0.3, -0.25) is 10.1 Å². The minimum atomic E-state index is 0.306. The van der Waals surface area contributed by atoms with Crippen LogP contribution in [0.25, 0.3) is 0 Å². The van der Waals surface area contributed by atoms with Crippen molar-refractivity contribution >= 4 is 40.0 Å². The molecule has 2 aliphatic rings. The lowest BCUT2D eigenvalue weighted by molar-refractivity contribution is -0.119. The number of benzene rings is 1. The zero-order valence-corrected chi connectivity index (χ0v) is 19.3. The van der Waals surface area contributed by atoms with E-state index in [1.807, 2.05) is 30.5 Å².